The van der Waals surface area contributed by atoms with Crippen molar-refractivity contribution in [1.29, 1.82) is 0 Å². The molecule has 9 nitrogen and oxygen atoms in total. The van der Waals surface area contributed by atoms with E-state index < -0.39 is 48.9 Å². The average Bonchev–Trinajstić information content (AvgIpc) is 2.97. The van der Waals surface area contributed by atoms with Gasteiger partial charge in [0.1, 0.15) is 5.75 Å². The van der Waals surface area contributed by atoms with Gasteiger partial charge < -0.3 is 24.3 Å². The van der Waals surface area contributed by atoms with E-state index in [1.54, 1.807) is 12.1 Å². The van der Waals surface area contributed by atoms with Crippen molar-refractivity contribution in [3.8, 4) is 5.75 Å². The highest BCUT2D eigenvalue weighted by molar-refractivity contribution is 6.53. The topological polar surface area (TPSA) is 123 Å². The summed E-state index contributed by atoms with van der Waals surface area (Å²) in [4.78, 5) is 38.5. The number of methoxy groups -OCH3 is 2. The van der Waals surface area contributed by atoms with E-state index in [0.29, 0.717) is 27.9 Å². The summed E-state index contributed by atoms with van der Waals surface area (Å²) in [7, 11) is 1.32. The molecule has 2 heterocycles. The summed E-state index contributed by atoms with van der Waals surface area (Å²) in [6.07, 6.45) is -1.11. The molecule has 1 aliphatic carbocycles. The zero-order valence-corrected chi connectivity index (χ0v) is 16.6. The van der Waals surface area contributed by atoms with Crippen LogP contribution < -0.4 is 0 Å². The van der Waals surface area contributed by atoms with Crippen LogP contribution in [0.25, 0.3) is 0 Å². The van der Waals surface area contributed by atoms with Gasteiger partial charge in [-0.15, -0.1) is 0 Å². The van der Waals surface area contributed by atoms with Crippen LogP contribution in [0.2, 0.25) is 0 Å². The third-order valence-corrected chi connectivity index (χ3v) is 6.13. The monoisotopic (exact) mass is 415 g/mol. The van der Waals surface area contributed by atoms with Crippen LogP contribution in [0.15, 0.2) is 35.3 Å². The van der Waals surface area contributed by atoms with E-state index in [2.05, 4.69) is 4.74 Å². The second kappa shape index (κ2) is 7.86. The number of ether oxygens (including phenoxy) is 2. The molecule has 1 aromatic rings. The van der Waals surface area contributed by atoms with Gasteiger partial charge in [-0.2, -0.15) is 4.90 Å². The number of benzene rings is 1. The molecule has 0 unspecified atom stereocenters. The summed E-state index contributed by atoms with van der Waals surface area (Å²) in [6, 6.07) is 6.47. The number of amides is 3. The van der Waals surface area contributed by atoms with E-state index in [1.165, 1.54) is 19.2 Å². The number of nitrogens with zero attached hydrogens (tertiary/aromatic N) is 1. The molecule has 2 N–H and O–H groups in total. The molecule has 0 bridgehead atoms. The van der Waals surface area contributed by atoms with Crippen molar-refractivity contribution in [2.75, 3.05) is 20.8 Å². The van der Waals surface area contributed by atoms with Gasteiger partial charge in [-0.05, 0) is 47.5 Å². The minimum atomic E-state index is -1.29. The molecule has 3 aliphatic rings. The maximum absolute atomic E-state index is 13.1. The van der Waals surface area contributed by atoms with Gasteiger partial charge >= 0.3 is 13.2 Å². The van der Waals surface area contributed by atoms with Crippen molar-refractivity contribution in [1.82, 2.24) is 4.90 Å². The molecule has 30 heavy (non-hydrogen) atoms. The lowest BCUT2D eigenvalue weighted by atomic mass is 9.55. The minimum absolute atomic E-state index is 0.0532. The number of likely N-dealkylation sites (tertiary alicyclic amines) is 1. The first-order valence-electron chi connectivity index (χ1n) is 9.66. The number of hydrogen-bond acceptors (Lipinski definition) is 8. The van der Waals surface area contributed by atoms with Crippen molar-refractivity contribution < 1.29 is 38.6 Å². The van der Waals surface area contributed by atoms with Crippen LogP contribution in [0.5, 0.6) is 5.75 Å². The van der Waals surface area contributed by atoms with E-state index >= 15 is 0 Å². The molecule has 0 spiro atoms. The highest BCUT2D eigenvalue weighted by atomic mass is 16.5. The fourth-order valence-electron chi connectivity index (χ4n) is 4.93. The third-order valence-electron chi connectivity index (χ3n) is 6.13. The quantitative estimate of drug-likeness (QED) is 0.558. The summed E-state index contributed by atoms with van der Waals surface area (Å²) in [5, 5.41) is 20.6. The van der Waals surface area contributed by atoms with Crippen LogP contribution in [-0.4, -0.2) is 60.9 Å². The Labute approximate surface area is 173 Å². The number of carbonyl (C=O) groups excluding carboxylic acids is 3. The number of fused-ring (bicyclic) bond motifs is 3. The normalized spacial score (nSPS) is 28.5. The Morgan fingerprint density at radius 2 is 2.03 bits per heavy atom. The Morgan fingerprint density at radius 1 is 1.27 bits per heavy atom. The first-order chi connectivity index (χ1) is 14.4. The highest BCUT2D eigenvalue weighted by Gasteiger charge is 2.59. The molecular formula is C20H22BNO8. The number of imide groups is 3. The van der Waals surface area contributed by atoms with Gasteiger partial charge in [0.2, 0.25) is 11.8 Å². The number of hydrogen-bond donors (Lipinski definition) is 2. The molecule has 0 aromatic heterocycles. The molecule has 4 rings (SSSR count). The number of phenols is 1. The zero-order chi connectivity index (χ0) is 21.6. The third kappa shape index (κ3) is 3.21. The molecule has 10 heteroatoms. The second-order valence-corrected chi connectivity index (χ2v) is 7.72. The Bertz CT molecular complexity index is 931. The van der Waals surface area contributed by atoms with E-state index in [0.717, 1.165) is 7.11 Å². The van der Waals surface area contributed by atoms with Crippen LogP contribution in [0.3, 0.4) is 0 Å². The van der Waals surface area contributed by atoms with Crippen LogP contribution in [-0.2, 0) is 23.7 Å². The molecule has 3 amide bonds. The van der Waals surface area contributed by atoms with Gasteiger partial charge in [-0.25, -0.2) is 4.79 Å². The van der Waals surface area contributed by atoms with Crippen molar-refractivity contribution in [3.63, 3.8) is 0 Å². The fourth-order valence-corrected chi connectivity index (χ4v) is 4.93. The fraction of sp³-hybridized carbons (Fsp3) is 0.450. The first kappa shape index (κ1) is 20.6. The van der Waals surface area contributed by atoms with Gasteiger partial charge in [0.15, 0.2) is 0 Å². The van der Waals surface area contributed by atoms with Gasteiger partial charge in [-0.3, -0.25) is 9.59 Å². The Morgan fingerprint density at radius 3 is 2.70 bits per heavy atom. The lowest BCUT2D eigenvalue weighted by Crippen LogP contribution is -2.45. The van der Waals surface area contributed by atoms with E-state index in [4.69, 9.17) is 9.39 Å². The SMILES string of the molecule is COCC1=C2B(O)O[C@H](c3cccc(O)c3)C[C@H]2[C@H]2C(=O)N(C(=O)OC)C(=O)[C@H]2C1. The number of rotatable bonds is 3. The second-order valence-electron chi connectivity index (χ2n) is 7.72. The maximum Gasteiger partial charge on any atom is 0.487 e. The summed E-state index contributed by atoms with van der Waals surface area (Å²) in [6.45, 7) is 0.173. The highest BCUT2D eigenvalue weighted by Crippen LogP contribution is 2.51. The number of allylic oxidation sites excluding steroid dienone is 1. The van der Waals surface area contributed by atoms with Crippen LogP contribution in [0, 0.1) is 17.8 Å². The minimum Gasteiger partial charge on any atom is -0.508 e. The lowest BCUT2D eigenvalue weighted by Gasteiger charge is -2.42. The van der Waals surface area contributed by atoms with E-state index in [1.807, 2.05) is 0 Å². The van der Waals surface area contributed by atoms with Crippen LogP contribution in [0.4, 0.5) is 4.79 Å². The van der Waals surface area contributed by atoms with Crippen LogP contribution in [0.1, 0.15) is 24.5 Å². The summed E-state index contributed by atoms with van der Waals surface area (Å²) in [5.74, 6) is -3.22. The predicted octanol–water partition coefficient (Wildman–Crippen LogP) is 1.20. The van der Waals surface area contributed by atoms with E-state index in [9.17, 15) is 24.5 Å². The van der Waals surface area contributed by atoms with Gasteiger partial charge in [-0.1, -0.05) is 12.1 Å². The van der Waals surface area contributed by atoms with Gasteiger partial charge in [0.25, 0.3) is 0 Å². The molecule has 2 aliphatic heterocycles. The van der Waals surface area contributed by atoms with Gasteiger partial charge in [0.05, 0.1) is 31.7 Å². The summed E-state index contributed by atoms with van der Waals surface area (Å²) < 4.78 is 15.7. The Hall–Kier alpha value is -2.69. The maximum atomic E-state index is 13.1. The number of aromatic hydroxyl groups is 1. The Balaban J connectivity index is 1.75. The average molecular weight is 415 g/mol. The van der Waals surface area contributed by atoms with Crippen molar-refractivity contribution in [3.05, 3.63) is 40.9 Å². The van der Waals surface area contributed by atoms with Crippen molar-refractivity contribution in [2.24, 2.45) is 17.8 Å². The Kier molecular flexibility index (Phi) is 5.39. The molecule has 0 saturated carbocycles. The zero-order valence-electron chi connectivity index (χ0n) is 16.6. The molecule has 2 saturated heterocycles. The van der Waals surface area contributed by atoms with Crippen molar-refractivity contribution in [2.45, 2.75) is 18.9 Å². The first-order valence-corrected chi connectivity index (χ1v) is 9.66. The van der Waals surface area contributed by atoms with Crippen LogP contribution >= 0.6 is 0 Å². The lowest BCUT2D eigenvalue weighted by molar-refractivity contribution is -0.137. The summed E-state index contributed by atoms with van der Waals surface area (Å²) >= 11 is 0. The smallest absolute Gasteiger partial charge is 0.487 e. The van der Waals surface area contributed by atoms with E-state index in [-0.39, 0.29) is 18.8 Å². The molecular weight excluding hydrogens is 393 g/mol. The largest absolute Gasteiger partial charge is 0.508 e. The standard InChI is InChI=1S/C20H22BNO8/c1-28-9-11-7-14-16(19(25)22(18(14)24)20(26)29-2)13-8-15(30-21(27)17(11)13)10-4-3-5-12(23)6-10/h3-6,13-16,23,27H,7-9H2,1-2H3/t13-,14-,15-,16+/m0/s1. The summed E-state index contributed by atoms with van der Waals surface area (Å²) in [5.41, 5.74) is 1.87. The number of phenolic OH excluding ortho intramolecular Hbond substituents is 1. The molecule has 4 atom stereocenters. The molecule has 0 radical (unpaired) electrons. The van der Waals surface area contributed by atoms with Gasteiger partial charge in [0, 0.05) is 7.11 Å². The predicted molar refractivity (Wildman–Crippen MR) is 103 cm³/mol. The number of carbonyl (C=O) groups is 3. The molecule has 1 aromatic carbocycles. The molecule has 2 fully saturated rings. The molecule has 158 valence electrons. The van der Waals surface area contributed by atoms with Crippen molar-refractivity contribution >= 4 is 25.0 Å².